The van der Waals surface area contributed by atoms with Gasteiger partial charge in [0.1, 0.15) is 18.7 Å². The maximum atomic E-state index is 10.7. The van der Waals surface area contributed by atoms with Crippen molar-refractivity contribution in [1.29, 1.82) is 0 Å². The van der Waals surface area contributed by atoms with Crippen LogP contribution in [0, 0.1) is 0 Å². The van der Waals surface area contributed by atoms with Crippen molar-refractivity contribution in [1.82, 2.24) is 0 Å². The van der Waals surface area contributed by atoms with Crippen molar-refractivity contribution >= 4 is 64.8 Å². The van der Waals surface area contributed by atoms with Crippen molar-refractivity contribution in [2.75, 3.05) is 0 Å². The first-order chi connectivity index (χ1) is 3.89. The second-order valence-electron chi connectivity index (χ2n) is 0.612. The number of rotatable bonds is 0. The Morgan fingerprint density at radius 1 is 0.875 bits per heavy atom. The summed E-state index contributed by atoms with van der Waals surface area (Å²) in [5.74, 6) is 0. The largest absolute Gasteiger partial charge is 0.701 e. The fourth-order valence-corrected chi connectivity index (χ4v) is 21.1. The molecule has 1 aromatic rings. The minimum absolute atomic E-state index is 0.740. The zero-order chi connectivity index (χ0) is 5.82. The minimum atomic E-state index is -0.740. The highest BCUT2D eigenvalue weighted by Crippen LogP contribution is 2.33. The molecule has 0 aliphatic rings. The molecule has 0 N–H and O–H groups in total. The predicted octanol–water partition coefficient (Wildman–Crippen LogP) is 4.03. The van der Waals surface area contributed by atoms with Crippen molar-refractivity contribution in [3.63, 3.8) is 0 Å². The second-order valence-corrected chi connectivity index (χ2v) is 14.1. The van der Waals surface area contributed by atoms with Crippen molar-refractivity contribution in [3.05, 3.63) is 0 Å². The molecule has 0 amide bonds. The highest BCUT2D eigenvalue weighted by atomic mass is 33.7. The van der Waals surface area contributed by atoms with E-state index in [9.17, 15) is 4.55 Å². The molecule has 0 unspecified atom stereocenters. The highest BCUT2D eigenvalue weighted by molar-refractivity contribution is 8.35. The van der Waals surface area contributed by atoms with Gasteiger partial charge in [-0.05, 0) is 8.76 Å². The molecule has 0 saturated carbocycles. The van der Waals surface area contributed by atoms with Gasteiger partial charge in [-0.15, -0.1) is 0 Å². The van der Waals surface area contributed by atoms with Gasteiger partial charge in [-0.3, -0.25) is 0 Å². The fourth-order valence-electron chi connectivity index (χ4n) is 0.102. The van der Waals surface area contributed by atoms with Crippen LogP contribution in [0.4, 0.5) is 0 Å². The van der Waals surface area contributed by atoms with Crippen LogP contribution in [0.1, 0.15) is 0 Å². The molecular weight excluding hydrogens is 240 g/mol. The lowest BCUT2D eigenvalue weighted by Gasteiger charge is -1.81. The normalized spacial score (nSPS) is 8.62. The summed E-state index contributed by atoms with van der Waals surface area (Å²) in [6, 6.07) is 0. The highest BCUT2D eigenvalue weighted by Gasteiger charge is 1.80. The van der Waals surface area contributed by atoms with Crippen LogP contribution in [0.2, 0.25) is 0 Å². The summed E-state index contributed by atoms with van der Waals surface area (Å²) in [5, 5.41) is 0. The zero-order valence-corrected chi connectivity index (χ0v) is 8.98. The first kappa shape index (κ1) is 7.61. The lowest BCUT2D eigenvalue weighted by Crippen LogP contribution is -1.29. The summed E-state index contributed by atoms with van der Waals surface area (Å²) in [6.45, 7) is 0. The van der Waals surface area contributed by atoms with Gasteiger partial charge in [0.05, 0.1) is 18.7 Å². The molecule has 1 nitrogen and oxygen atoms in total. The van der Waals surface area contributed by atoms with Gasteiger partial charge >= 0.3 is 0 Å². The number of hydrogen-bond acceptors (Lipinski definition) is 7. The Morgan fingerprint density at radius 3 is 1.88 bits per heavy atom. The van der Waals surface area contributed by atoms with E-state index in [4.69, 9.17) is 0 Å². The standard InChI is InChI=1S/OS7/c1-8-6-4-2-3-5-7-8. The van der Waals surface area contributed by atoms with E-state index in [0.717, 1.165) is 0 Å². The molecule has 0 atom stereocenters. The molecule has 0 fully saturated rings. The Kier molecular flexibility index (Phi) is 4.12. The molecule has 0 radical (unpaired) electrons. The van der Waals surface area contributed by atoms with Crippen LogP contribution >= 0.6 is 64.8 Å². The summed E-state index contributed by atoms with van der Waals surface area (Å²) < 4.78 is 10.7. The van der Waals surface area contributed by atoms with Crippen molar-refractivity contribution in [2.24, 2.45) is 0 Å². The molecule has 8 heavy (non-hydrogen) atoms. The first-order valence-electron chi connectivity index (χ1n) is 1.33. The van der Waals surface area contributed by atoms with Gasteiger partial charge in [0.25, 0.3) is 0 Å². The average Bonchev–Trinajstić information content (AvgIpc) is 1.94. The number of hydrogen-bond donors (Lipinski definition) is 0. The van der Waals surface area contributed by atoms with E-state index in [2.05, 4.69) is 0 Å². The molecule has 1 aromatic heterocycles. The molecule has 0 aromatic carbocycles. The van der Waals surface area contributed by atoms with Crippen LogP contribution in [0.5, 0.6) is 0 Å². The minimum Gasteiger partial charge on any atom is -0.701 e. The van der Waals surface area contributed by atoms with E-state index in [0.29, 0.717) is 0 Å². The van der Waals surface area contributed by atoms with E-state index < -0.39 is 8.76 Å². The Morgan fingerprint density at radius 2 is 1.38 bits per heavy atom. The SMILES string of the molecule is [O-][s+]1ssssss1. The van der Waals surface area contributed by atoms with Crippen LogP contribution in [-0.4, -0.2) is 4.55 Å². The predicted molar refractivity (Wildman–Crippen MR) is 47.6 cm³/mol. The molecule has 0 aliphatic carbocycles. The van der Waals surface area contributed by atoms with Gasteiger partial charge in [0, 0.05) is 0 Å². The lowest BCUT2D eigenvalue weighted by atomic mass is 15.9. The van der Waals surface area contributed by atoms with E-state index in [1.807, 2.05) is 0 Å². The first-order valence-corrected chi connectivity index (χ1v) is 11.0. The van der Waals surface area contributed by atoms with Crippen molar-refractivity contribution < 1.29 is 4.55 Å². The summed E-state index contributed by atoms with van der Waals surface area (Å²) in [6.07, 6.45) is 0. The molecule has 0 aliphatic heterocycles. The topological polar surface area (TPSA) is 23.1 Å². The van der Waals surface area contributed by atoms with Crippen LogP contribution in [0.25, 0.3) is 0 Å². The molecule has 48 valence electrons. The molecule has 0 saturated heterocycles. The summed E-state index contributed by atoms with van der Waals surface area (Å²) >= 11 is 0. The zero-order valence-electron chi connectivity index (χ0n) is 3.27. The summed E-state index contributed by atoms with van der Waals surface area (Å²) in [5.41, 5.74) is 0. The van der Waals surface area contributed by atoms with Gasteiger partial charge < -0.3 is 4.55 Å². The molecule has 1 heterocycles. The third kappa shape index (κ3) is 2.87. The van der Waals surface area contributed by atoms with Gasteiger partial charge in [-0.1, -0.05) is 0 Å². The summed E-state index contributed by atoms with van der Waals surface area (Å²) in [4.78, 5) is 0. The Bertz CT molecular complexity index is 158. The van der Waals surface area contributed by atoms with Gasteiger partial charge in [-0.2, -0.15) is 0 Å². The van der Waals surface area contributed by atoms with Crippen LogP contribution in [0.3, 0.4) is 0 Å². The van der Waals surface area contributed by atoms with E-state index in [1.165, 1.54) is 18.7 Å². The fraction of sp³-hybridized carbons (Fsp3) is 0. The average molecular weight is 240 g/mol. The summed E-state index contributed by atoms with van der Waals surface area (Å²) in [7, 11) is 8.57. The molecule has 0 bridgehead atoms. The van der Waals surface area contributed by atoms with Crippen LogP contribution in [0.15, 0.2) is 0 Å². The monoisotopic (exact) mass is 240 g/mol. The quantitative estimate of drug-likeness (QED) is 0.496. The van der Waals surface area contributed by atoms with E-state index >= 15 is 0 Å². The third-order valence-electron chi connectivity index (χ3n) is 0.250. The van der Waals surface area contributed by atoms with Gasteiger partial charge in [0.2, 0.25) is 0 Å². The van der Waals surface area contributed by atoms with Gasteiger partial charge in [-0.25, -0.2) is 0 Å². The van der Waals surface area contributed by atoms with Crippen LogP contribution < -0.4 is 0 Å². The Labute approximate surface area is 68.6 Å². The molecule has 1 rings (SSSR count). The Balaban J connectivity index is 3.12. The second kappa shape index (κ2) is 4.34. The molecule has 8 heteroatoms. The maximum absolute atomic E-state index is 10.7. The van der Waals surface area contributed by atoms with Gasteiger partial charge in [0.15, 0.2) is 18.7 Å². The smallest absolute Gasteiger partial charge is 0.154 e. The maximum Gasteiger partial charge on any atom is 0.154 e. The van der Waals surface area contributed by atoms with Crippen molar-refractivity contribution in [2.45, 2.75) is 0 Å². The van der Waals surface area contributed by atoms with Crippen molar-refractivity contribution in [3.8, 4) is 0 Å². The third-order valence-corrected chi connectivity index (χ3v) is 17.2. The van der Waals surface area contributed by atoms with E-state index in [1.54, 1.807) is 37.4 Å². The Hall–Kier alpha value is 1.50. The molecule has 0 spiro atoms. The van der Waals surface area contributed by atoms with Crippen LogP contribution in [-0.2, 0) is 0 Å². The molecular formula is OS7. The van der Waals surface area contributed by atoms with E-state index in [-0.39, 0.29) is 0 Å². The lowest BCUT2D eigenvalue weighted by molar-refractivity contribution is 0.607.